The third-order valence-corrected chi connectivity index (χ3v) is 6.96. The number of amides is 2. The smallest absolute Gasteiger partial charge is 0.251 e. The molecule has 0 bridgehead atoms. The van der Waals surface area contributed by atoms with Crippen molar-refractivity contribution in [1.82, 2.24) is 5.32 Å². The Morgan fingerprint density at radius 1 is 1.07 bits per heavy atom. The molecule has 4 rings (SSSR count). The van der Waals surface area contributed by atoms with Gasteiger partial charge >= 0.3 is 0 Å². The predicted octanol–water partition coefficient (Wildman–Crippen LogP) is 5.03. The van der Waals surface area contributed by atoms with Crippen molar-refractivity contribution in [2.24, 2.45) is 5.92 Å². The lowest BCUT2D eigenvalue weighted by Gasteiger charge is -2.29. The highest BCUT2D eigenvalue weighted by molar-refractivity contribution is 8.00. The SMILES string of the molecule is O=C(NCCC1CCCCC1)c1ccc2c(c1)N(Cc1ccccc1)C(=O)CS2. The first-order valence-corrected chi connectivity index (χ1v) is 11.6. The van der Waals surface area contributed by atoms with Crippen molar-refractivity contribution < 1.29 is 9.59 Å². The second-order valence-electron chi connectivity index (χ2n) is 7.99. The number of thioether (sulfide) groups is 1. The van der Waals surface area contributed by atoms with E-state index in [-0.39, 0.29) is 11.8 Å². The molecule has 29 heavy (non-hydrogen) atoms. The summed E-state index contributed by atoms with van der Waals surface area (Å²) in [6.07, 6.45) is 7.66. The number of carbonyl (C=O) groups is 2. The molecule has 152 valence electrons. The summed E-state index contributed by atoms with van der Waals surface area (Å²) in [7, 11) is 0. The lowest BCUT2D eigenvalue weighted by Crippen LogP contribution is -2.35. The number of nitrogens with zero attached hydrogens (tertiary/aromatic N) is 1. The van der Waals surface area contributed by atoms with E-state index >= 15 is 0 Å². The number of hydrogen-bond donors (Lipinski definition) is 1. The lowest BCUT2D eigenvalue weighted by molar-refractivity contribution is -0.116. The van der Waals surface area contributed by atoms with Gasteiger partial charge in [-0.2, -0.15) is 0 Å². The first-order chi connectivity index (χ1) is 14.2. The van der Waals surface area contributed by atoms with Gasteiger partial charge in [0.2, 0.25) is 5.91 Å². The van der Waals surface area contributed by atoms with Crippen LogP contribution in [0.4, 0.5) is 5.69 Å². The average Bonchev–Trinajstić information content (AvgIpc) is 2.77. The first kappa shape index (κ1) is 20.0. The maximum atomic E-state index is 12.7. The van der Waals surface area contributed by atoms with Crippen LogP contribution < -0.4 is 10.2 Å². The van der Waals surface area contributed by atoms with E-state index in [1.807, 2.05) is 48.5 Å². The third-order valence-electron chi connectivity index (χ3n) is 5.91. The van der Waals surface area contributed by atoms with Crippen molar-refractivity contribution >= 4 is 29.3 Å². The monoisotopic (exact) mass is 408 g/mol. The normalized spacial score (nSPS) is 17.1. The largest absolute Gasteiger partial charge is 0.352 e. The van der Waals surface area contributed by atoms with Crippen molar-refractivity contribution in [3.05, 3.63) is 59.7 Å². The van der Waals surface area contributed by atoms with Gasteiger partial charge in [0.25, 0.3) is 5.91 Å². The summed E-state index contributed by atoms with van der Waals surface area (Å²) in [6.45, 7) is 1.25. The highest BCUT2D eigenvalue weighted by Gasteiger charge is 2.26. The van der Waals surface area contributed by atoms with Crippen LogP contribution in [0.15, 0.2) is 53.4 Å². The summed E-state index contributed by atoms with van der Waals surface area (Å²) in [5.74, 6) is 1.22. The molecule has 0 aromatic heterocycles. The fraction of sp³-hybridized carbons (Fsp3) is 0.417. The Morgan fingerprint density at radius 3 is 2.66 bits per heavy atom. The van der Waals surface area contributed by atoms with Crippen molar-refractivity contribution in [2.75, 3.05) is 17.2 Å². The Morgan fingerprint density at radius 2 is 1.86 bits per heavy atom. The van der Waals surface area contributed by atoms with E-state index in [4.69, 9.17) is 0 Å². The van der Waals surface area contributed by atoms with Crippen LogP contribution in [0.1, 0.15) is 54.4 Å². The minimum atomic E-state index is -0.0497. The minimum Gasteiger partial charge on any atom is -0.352 e. The summed E-state index contributed by atoms with van der Waals surface area (Å²) in [5, 5.41) is 3.08. The van der Waals surface area contributed by atoms with Gasteiger partial charge in [-0.3, -0.25) is 9.59 Å². The van der Waals surface area contributed by atoms with Crippen LogP contribution in [0.2, 0.25) is 0 Å². The molecule has 2 amide bonds. The van der Waals surface area contributed by atoms with Gasteiger partial charge in [0.1, 0.15) is 0 Å². The Balaban J connectivity index is 1.44. The Bertz CT molecular complexity index is 862. The summed E-state index contributed by atoms with van der Waals surface area (Å²) in [4.78, 5) is 28.2. The topological polar surface area (TPSA) is 49.4 Å². The van der Waals surface area contributed by atoms with E-state index in [1.165, 1.54) is 32.1 Å². The summed E-state index contributed by atoms with van der Waals surface area (Å²) < 4.78 is 0. The molecule has 1 aliphatic carbocycles. The quantitative estimate of drug-likeness (QED) is 0.730. The standard InChI is InChI=1S/C24H28N2O2S/c27-23-17-29-22-12-11-20(24(28)25-14-13-18-7-3-1-4-8-18)15-21(22)26(23)16-19-9-5-2-6-10-19/h2,5-6,9-12,15,18H,1,3-4,7-8,13-14,16-17H2,(H,25,28). The number of carbonyl (C=O) groups excluding carboxylic acids is 2. The predicted molar refractivity (Wildman–Crippen MR) is 118 cm³/mol. The van der Waals surface area contributed by atoms with Gasteiger partial charge < -0.3 is 10.2 Å². The van der Waals surface area contributed by atoms with E-state index in [2.05, 4.69) is 5.32 Å². The van der Waals surface area contributed by atoms with Gasteiger partial charge in [0.15, 0.2) is 0 Å². The number of fused-ring (bicyclic) bond motifs is 1. The van der Waals surface area contributed by atoms with Crippen molar-refractivity contribution in [2.45, 2.75) is 50.0 Å². The van der Waals surface area contributed by atoms with Crippen LogP contribution in [0.3, 0.4) is 0 Å². The van der Waals surface area contributed by atoms with Crippen LogP contribution in [0.5, 0.6) is 0 Å². The number of benzene rings is 2. The van der Waals surface area contributed by atoms with Gasteiger partial charge in [-0.25, -0.2) is 0 Å². The molecule has 2 aliphatic rings. The van der Waals surface area contributed by atoms with Crippen molar-refractivity contribution in [3.63, 3.8) is 0 Å². The van der Waals surface area contributed by atoms with Crippen LogP contribution in [-0.2, 0) is 11.3 Å². The van der Waals surface area contributed by atoms with Crippen molar-refractivity contribution in [3.8, 4) is 0 Å². The van der Waals surface area contributed by atoms with Gasteiger partial charge in [-0.15, -0.1) is 11.8 Å². The Labute approximate surface area is 177 Å². The molecular weight excluding hydrogens is 380 g/mol. The Hall–Kier alpha value is -2.27. The summed E-state index contributed by atoms with van der Waals surface area (Å²) >= 11 is 1.55. The maximum Gasteiger partial charge on any atom is 0.251 e. The molecule has 0 spiro atoms. The van der Waals surface area contributed by atoms with Gasteiger partial charge in [0, 0.05) is 17.0 Å². The number of anilines is 1. The zero-order chi connectivity index (χ0) is 20.1. The zero-order valence-corrected chi connectivity index (χ0v) is 17.5. The Kier molecular flexibility index (Phi) is 6.55. The second-order valence-corrected chi connectivity index (χ2v) is 9.00. The van der Waals surface area contributed by atoms with E-state index < -0.39 is 0 Å². The van der Waals surface area contributed by atoms with Crippen LogP contribution in [0.25, 0.3) is 0 Å². The van der Waals surface area contributed by atoms with Crippen molar-refractivity contribution in [1.29, 1.82) is 0 Å². The molecule has 1 aliphatic heterocycles. The molecule has 1 saturated carbocycles. The summed E-state index contributed by atoms with van der Waals surface area (Å²) in [5.41, 5.74) is 2.55. The van der Waals surface area contributed by atoms with E-state index in [1.54, 1.807) is 16.7 Å². The second kappa shape index (κ2) is 9.49. The molecular formula is C24H28N2O2S. The maximum absolute atomic E-state index is 12.7. The number of nitrogens with one attached hydrogen (secondary N) is 1. The molecule has 4 nitrogen and oxygen atoms in total. The lowest BCUT2D eigenvalue weighted by atomic mass is 9.87. The average molecular weight is 409 g/mol. The summed E-state index contributed by atoms with van der Waals surface area (Å²) in [6, 6.07) is 15.7. The zero-order valence-electron chi connectivity index (χ0n) is 16.7. The molecule has 0 unspecified atom stereocenters. The molecule has 0 saturated heterocycles. The molecule has 0 radical (unpaired) electrons. The number of rotatable bonds is 6. The van der Waals surface area contributed by atoms with Crippen LogP contribution >= 0.6 is 11.8 Å². The fourth-order valence-corrected chi connectivity index (χ4v) is 5.17. The molecule has 2 aromatic rings. The molecule has 5 heteroatoms. The third kappa shape index (κ3) is 5.02. The van der Waals surface area contributed by atoms with Gasteiger partial charge in [0.05, 0.1) is 18.0 Å². The minimum absolute atomic E-state index is 0.0497. The van der Waals surface area contributed by atoms with Crippen LogP contribution in [-0.4, -0.2) is 24.1 Å². The van der Waals surface area contributed by atoms with Gasteiger partial charge in [-0.05, 0) is 36.1 Å². The van der Waals surface area contributed by atoms with E-state index in [9.17, 15) is 9.59 Å². The van der Waals surface area contributed by atoms with Gasteiger partial charge in [-0.1, -0.05) is 62.4 Å². The molecule has 1 fully saturated rings. The fourth-order valence-electron chi connectivity index (χ4n) is 4.25. The van der Waals surface area contributed by atoms with Crippen LogP contribution in [0, 0.1) is 5.92 Å². The molecule has 1 N–H and O–H groups in total. The van der Waals surface area contributed by atoms with E-state index in [0.29, 0.717) is 17.9 Å². The molecule has 2 aromatic carbocycles. The highest BCUT2D eigenvalue weighted by atomic mass is 32.2. The number of hydrogen-bond acceptors (Lipinski definition) is 3. The first-order valence-electron chi connectivity index (χ1n) is 10.6. The highest BCUT2D eigenvalue weighted by Crippen LogP contribution is 2.37. The van der Waals surface area contributed by atoms with E-state index in [0.717, 1.165) is 35.0 Å². The molecule has 0 atom stereocenters. The molecule has 1 heterocycles.